The molecule has 3 aromatic rings. The van der Waals surface area contributed by atoms with Gasteiger partial charge in [0.15, 0.2) is 0 Å². The van der Waals surface area contributed by atoms with Crippen LogP contribution >= 0.6 is 0 Å². The van der Waals surface area contributed by atoms with Crippen molar-refractivity contribution in [2.45, 2.75) is 31.7 Å². The van der Waals surface area contributed by atoms with E-state index in [1.54, 1.807) is 7.11 Å². The SMILES string of the molecule is COc1ccccc1Cc1cccc([C@H]2CCCN(Cc3cccnc3)C2)n1. The third kappa shape index (κ3) is 4.57. The molecule has 0 N–H and O–H groups in total. The number of hydrogen-bond acceptors (Lipinski definition) is 4. The average Bonchev–Trinajstić information content (AvgIpc) is 2.75. The van der Waals surface area contributed by atoms with Gasteiger partial charge in [0.1, 0.15) is 5.75 Å². The molecule has 4 nitrogen and oxygen atoms in total. The van der Waals surface area contributed by atoms with Gasteiger partial charge in [0.25, 0.3) is 0 Å². The second-order valence-corrected chi connectivity index (χ2v) is 7.48. The molecule has 144 valence electrons. The zero-order valence-corrected chi connectivity index (χ0v) is 16.4. The van der Waals surface area contributed by atoms with Crippen molar-refractivity contribution in [1.82, 2.24) is 14.9 Å². The van der Waals surface area contributed by atoms with Crippen molar-refractivity contribution in [3.63, 3.8) is 0 Å². The Kier molecular flexibility index (Phi) is 5.98. The van der Waals surface area contributed by atoms with Crippen LogP contribution in [-0.4, -0.2) is 35.1 Å². The lowest BCUT2D eigenvalue weighted by molar-refractivity contribution is 0.198. The van der Waals surface area contributed by atoms with E-state index in [-0.39, 0.29) is 0 Å². The van der Waals surface area contributed by atoms with Crippen LogP contribution < -0.4 is 4.74 Å². The van der Waals surface area contributed by atoms with Gasteiger partial charge in [-0.2, -0.15) is 0 Å². The van der Waals surface area contributed by atoms with Crippen LogP contribution in [0.25, 0.3) is 0 Å². The molecule has 1 aliphatic heterocycles. The molecular formula is C24H27N3O. The number of benzene rings is 1. The molecule has 0 unspecified atom stereocenters. The third-order valence-corrected chi connectivity index (χ3v) is 5.45. The van der Waals surface area contributed by atoms with E-state index in [1.807, 2.05) is 30.6 Å². The van der Waals surface area contributed by atoms with Crippen LogP contribution in [0.5, 0.6) is 5.75 Å². The second kappa shape index (κ2) is 8.98. The van der Waals surface area contributed by atoms with Crippen LogP contribution in [0.2, 0.25) is 0 Å². The molecule has 1 aliphatic rings. The Hall–Kier alpha value is -2.72. The van der Waals surface area contributed by atoms with Gasteiger partial charge >= 0.3 is 0 Å². The Morgan fingerprint density at radius 1 is 1.07 bits per heavy atom. The summed E-state index contributed by atoms with van der Waals surface area (Å²) in [5, 5.41) is 0. The van der Waals surface area contributed by atoms with Gasteiger partial charge in [-0.25, -0.2) is 0 Å². The molecule has 0 saturated carbocycles. The molecule has 1 fully saturated rings. The van der Waals surface area contributed by atoms with Gasteiger partial charge in [0.05, 0.1) is 7.11 Å². The largest absolute Gasteiger partial charge is 0.496 e. The first-order chi connectivity index (χ1) is 13.8. The number of nitrogens with zero attached hydrogens (tertiary/aromatic N) is 3. The van der Waals surface area contributed by atoms with Crippen LogP contribution in [0.1, 0.15) is 41.3 Å². The highest BCUT2D eigenvalue weighted by molar-refractivity contribution is 5.36. The summed E-state index contributed by atoms with van der Waals surface area (Å²) in [5.41, 5.74) is 4.77. The van der Waals surface area contributed by atoms with Gasteiger partial charge in [-0.1, -0.05) is 30.3 Å². The minimum absolute atomic E-state index is 0.489. The summed E-state index contributed by atoms with van der Waals surface area (Å²) in [6.45, 7) is 3.16. The van der Waals surface area contributed by atoms with Crippen LogP contribution in [-0.2, 0) is 13.0 Å². The monoisotopic (exact) mass is 373 g/mol. The first-order valence-electron chi connectivity index (χ1n) is 10.0. The molecule has 4 heteroatoms. The molecule has 0 bridgehead atoms. The van der Waals surface area contributed by atoms with Crippen molar-refractivity contribution in [3.05, 3.63) is 89.5 Å². The zero-order valence-electron chi connectivity index (χ0n) is 16.4. The second-order valence-electron chi connectivity index (χ2n) is 7.48. The van der Waals surface area contributed by atoms with Crippen molar-refractivity contribution in [2.24, 2.45) is 0 Å². The number of para-hydroxylation sites is 1. The van der Waals surface area contributed by atoms with Crippen molar-refractivity contribution in [3.8, 4) is 5.75 Å². The zero-order chi connectivity index (χ0) is 19.2. The molecule has 0 amide bonds. The first kappa shape index (κ1) is 18.6. The summed E-state index contributed by atoms with van der Waals surface area (Å²) in [4.78, 5) is 11.8. The van der Waals surface area contributed by atoms with E-state index >= 15 is 0 Å². The molecule has 28 heavy (non-hydrogen) atoms. The fraction of sp³-hybridized carbons (Fsp3) is 0.333. The third-order valence-electron chi connectivity index (χ3n) is 5.45. The number of ether oxygens (including phenoxy) is 1. The number of aromatic nitrogens is 2. The molecule has 3 heterocycles. The van der Waals surface area contributed by atoms with Gasteiger partial charge < -0.3 is 4.74 Å². The van der Waals surface area contributed by atoms with Crippen LogP contribution in [0.15, 0.2) is 67.0 Å². The Labute approximate surface area is 167 Å². The Bertz CT molecular complexity index is 897. The topological polar surface area (TPSA) is 38.2 Å². The standard InChI is InChI=1S/C24H27N3O/c1-28-24-12-3-2-8-20(24)15-22-10-4-11-23(26-22)21-9-6-14-27(18-21)17-19-7-5-13-25-16-19/h2-5,7-8,10-13,16,21H,6,9,14-15,17-18H2,1H3/t21-/m0/s1. The molecule has 1 saturated heterocycles. The van der Waals surface area contributed by atoms with Gasteiger partial charge in [-0.05, 0) is 49.2 Å². The van der Waals surface area contributed by atoms with Gasteiger partial charge in [0.2, 0.25) is 0 Å². The van der Waals surface area contributed by atoms with E-state index in [2.05, 4.69) is 46.3 Å². The fourth-order valence-corrected chi connectivity index (χ4v) is 4.06. The normalized spacial score (nSPS) is 17.4. The highest BCUT2D eigenvalue weighted by Crippen LogP contribution is 2.27. The Morgan fingerprint density at radius 3 is 2.86 bits per heavy atom. The van der Waals surface area contributed by atoms with E-state index in [1.165, 1.54) is 29.7 Å². The number of methoxy groups -OCH3 is 1. The highest BCUT2D eigenvalue weighted by atomic mass is 16.5. The van der Waals surface area contributed by atoms with Gasteiger partial charge in [-0.3, -0.25) is 14.9 Å². The molecule has 0 spiro atoms. The smallest absolute Gasteiger partial charge is 0.122 e. The van der Waals surface area contributed by atoms with E-state index < -0.39 is 0 Å². The molecule has 4 rings (SSSR count). The van der Waals surface area contributed by atoms with E-state index in [4.69, 9.17) is 9.72 Å². The maximum Gasteiger partial charge on any atom is 0.122 e. The number of hydrogen-bond donors (Lipinski definition) is 0. The lowest BCUT2D eigenvalue weighted by Crippen LogP contribution is -2.34. The Morgan fingerprint density at radius 2 is 2.00 bits per heavy atom. The predicted molar refractivity (Wildman–Crippen MR) is 112 cm³/mol. The Balaban J connectivity index is 1.46. The maximum absolute atomic E-state index is 5.50. The summed E-state index contributed by atoms with van der Waals surface area (Å²) in [6.07, 6.45) is 7.01. The average molecular weight is 374 g/mol. The van der Waals surface area contributed by atoms with Crippen LogP contribution in [0.3, 0.4) is 0 Å². The number of pyridine rings is 2. The van der Waals surface area contributed by atoms with Crippen LogP contribution in [0, 0.1) is 0 Å². The lowest BCUT2D eigenvalue weighted by atomic mass is 9.93. The first-order valence-corrected chi connectivity index (χ1v) is 10.0. The predicted octanol–water partition coefficient (Wildman–Crippen LogP) is 4.46. The fourth-order valence-electron chi connectivity index (χ4n) is 4.06. The summed E-state index contributed by atoms with van der Waals surface area (Å²) >= 11 is 0. The van der Waals surface area contributed by atoms with Crippen molar-refractivity contribution in [2.75, 3.05) is 20.2 Å². The maximum atomic E-state index is 5.50. The molecule has 1 atom stereocenters. The number of rotatable bonds is 6. The minimum Gasteiger partial charge on any atom is -0.496 e. The molecule has 0 aliphatic carbocycles. The number of piperidine rings is 1. The van der Waals surface area contributed by atoms with Gasteiger partial charge in [0, 0.05) is 54.8 Å². The van der Waals surface area contributed by atoms with E-state index in [0.717, 1.165) is 37.5 Å². The van der Waals surface area contributed by atoms with E-state index in [0.29, 0.717) is 5.92 Å². The van der Waals surface area contributed by atoms with E-state index in [9.17, 15) is 0 Å². The van der Waals surface area contributed by atoms with Crippen molar-refractivity contribution >= 4 is 0 Å². The molecular weight excluding hydrogens is 346 g/mol. The highest BCUT2D eigenvalue weighted by Gasteiger charge is 2.22. The molecule has 1 aromatic carbocycles. The summed E-state index contributed by atoms with van der Waals surface area (Å²) < 4.78 is 5.50. The minimum atomic E-state index is 0.489. The van der Waals surface area contributed by atoms with Gasteiger partial charge in [-0.15, -0.1) is 0 Å². The number of likely N-dealkylation sites (tertiary alicyclic amines) is 1. The summed E-state index contributed by atoms with van der Waals surface area (Å²) in [7, 11) is 1.72. The van der Waals surface area contributed by atoms with Crippen molar-refractivity contribution in [1.29, 1.82) is 0 Å². The molecule has 0 radical (unpaired) electrons. The molecule has 2 aromatic heterocycles. The quantitative estimate of drug-likeness (QED) is 0.640. The summed E-state index contributed by atoms with van der Waals surface area (Å²) in [5.74, 6) is 1.41. The van der Waals surface area contributed by atoms with Crippen LogP contribution in [0.4, 0.5) is 0 Å². The summed E-state index contributed by atoms with van der Waals surface area (Å²) in [6, 6.07) is 18.8. The lowest BCUT2D eigenvalue weighted by Gasteiger charge is -2.32. The van der Waals surface area contributed by atoms with Crippen molar-refractivity contribution < 1.29 is 4.74 Å².